The molecule has 116 valence electrons. The molecule has 1 N–H and O–H groups in total. The highest BCUT2D eigenvalue weighted by Crippen LogP contribution is 2.25. The van der Waals surface area contributed by atoms with Gasteiger partial charge < -0.3 is 14.6 Å². The summed E-state index contributed by atoms with van der Waals surface area (Å²) in [5.41, 5.74) is 1.69. The van der Waals surface area contributed by atoms with Gasteiger partial charge in [0.25, 0.3) is 0 Å². The third-order valence-electron chi connectivity index (χ3n) is 3.19. The predicted octanol–water partition coefficient (Wildman–Crippen LogP) is 3.73. The molecule has 0 unspecified atom stereocenters. The van der Waals surface area contributed by atoms with Crippen molar-refractivity contribution in [3.8, 4) is 11.5 Å². The van der Waals surface area contributed by atoms with Gasteiger partial charge in [-0.15, -0.1) is 0 Å². The molecule has 5 heteroatoms. The maximum Gasteiger partial charge on any atom is 0.345 e. The quantitative estimate of drug-likeness (QED) is 0.881. The van der Waals surface area contributed by atoms with Crippen molar-refractivity contribution in [1.82, 2.24) is 0 Å². The van der Waals surface area contributed by atoms with Crippen LogP contribution in [0, 0.1) is 6.92 Å². The van der Waals surface area contributed by atoms with E-state index >= 15 is 0 Å². The molecule has 22 heavy (non-hydrogen) atoms. The van der Waals surface area contributed by atoms with Crippen molar-refractivity contribution in [2.75, 3.05) is 7.11 Å². The summed E-state index contributed by atoms with van der Waals surface area (Å²) in [6, 6.07) is 12.4. The van der Waals surface area contributed by atoms with Crippen LogP contribution in [0.25, 0.3) is 0 Å². The van der Waals surface area contributed by atoms with Crippen LogP contribution in [-0.4, -0.2) is 24.3 Å². The van der Waals surface area contributed by atoms with Crippen molar-refractivity contribution in [1.29, 1.82) is 0 Å². The fraction of sp³-hybridized carbons (Fsp3) is 0.235. The molecule has 0 saturated heterocycles. The SMILES string of the molecule is COc1ccc(Cl)cc1C[C@H](Oc1cccc(C)c1)C(=O)O. The lowest BCUT2D eigenvalue weighted by Gasteiger charge is -2.17. The summed E-state index contributed by atoms with van der Waals surface area (Å²) in [6.07, 6.45) is -0.860. The first kappa shape index (κ1) is 16.2. The molecule has 0 aliphatic heterocycles. The fourth-order valence-electron chi connectivity index (χ4n) is 2.14. The molecule has 4 nitrogen and oxygen atoms in total. The average Bonchev–Trinajstić information content (AvgIpc) is 2.47. The van der Waals surface area contributed by atoms with E-state index < -0.39 is 12.1 Å². The van der Waals surface area contributed by atoms with Crippen LogP contribution in [0.1, 0.15) is 11.1 Å². The van der Waals surface area contributed by atoms with Gasteiger partial charge >= 0.3 is 5.97 Å². The van der Waals surface area contributed by atoms with E-state index in [-0.39, 0.29) is 6.42 Å². The molecule has 0 bridgehead atoms. The molecule has 0 aromatic heterocycles. The Balaban J connectivity index is 2.22. The maximum atomic E-state index is 11.5. The van der Waals surface area contributed by atoms with Crippen LogP contribution in [0.5, 0.6) is 11.5 Å². The monoisotopic (exact) mass is 320 g/mol. The van der Waals surface area contributed by atoms with Crippen LogP contribution < -0.4 is 9.47 Å². The van der Waals surface area contributed by atoms with Crippen molar-refractivity contribution in [3.63, 3.8) is 0 Å². The zero-order valence-corrected chi connectivity index (χ0v) is 13.1. The Hall–Kier alpha value is -2.20. The molecule has 0 heterocycles. The van der Waals surface area contributed by atoms with Crippen molar-refractivity contribution in [2.45, 2.75) is 19.4 Å². The number of ether oxygens (including phenoxy) is 2. The van der Waals surface area contributed by atoms with E-state index in [1.165, 1.54) is 7.11 Å². The molecule has 0 aliphatic carbocycles. The van der Waals surface area contributed by atoms with Crippen LogP contribution in [0.4, 0.5) is 0 Å². The largest absolute Gasteiger partial charge is 0.496 e. The van der Waals surface area contributed by atoms with Crippen molar-refractivity contribution >= 4 is 17.6 Å². The third-order valence-corrected chi connectivity index (χ3v) is 3.43. The van der Waals surface area contributed by atoms with Gasteiger partial charge in [0.15, 0.2) is 6.10 Å². The normalized spacial score (nSPS) is 11.8. The number of aliphatic carboxylic acids is 1. The second-order valence-electron chi connectivity index (χ2n) is 4.92. The molecule has 0 spiro atoms. The Labute approximate surface area is 134 Å². The summed E-state index contributed by atoms with van der Waals surface area (Å²) in [4.78, 5) is 11.5. The van der Waals surface area contributed by atoms with E-state index in [4.69, 9.17) is 21.1 Å². The number of methoxy groups -OCH3 is 1. The Bertz CT molecular complexity index is 669. The molecule has 0 radical (unpaired) electrons. The fourth-order valence-corrected chi connectivity index (χ4v) is 2.33. The number of hydrogen-bond acceptors (Lipinski definition) is 3. The first-order valence-electron chi connectivity index (χ1n) is 6.78. The molecule has 1 atom stereocenters. The van der Waals surface area contributed by atoms with Crippen molar-refractivity contribution in [2.24, 2.45) is 0 Å². The van der Waals surface area contributed by atoms with E-state index in [2.05, 4.69) is 0 Å². The number of carbonyl (C=O) groups is 1. The Morgan fingerprint density at radius 2 is 2.05 bits per heavy atom. The van der Waals surface area contributed by atoms with Crippen LogP contribution in [0.2, 0.25) is 5.02 Å². The van der Waals surface area contributed by atoms with E-state index in [0.29, 0.717) is 22.1 Å². The van der Waals surface area contributed by atoms with Gasteiger partial charge in [-0.25, -0.2) is 4.79 Å². The van der Waals surface area contributed by atoms with Crippen LogP contribution in [0.15, 0.2) is 42.5 Å². The van der Waals surface area contributed by atoms with Gasteiger partial charge in [-0.05, 0) is 48.4 Å². The zero-order chi connectivity index (χ0) is 16.1. The topological polar surface area (TPSA) is 55.8 Å². The third kappa shape index (κ3) is 4.15. The summed E-state index contributed by atoms with van der Waals surface area (Å²) < 4.78 is 10.8. The first-order valence-corrected chi connectivity index (χ1v) is 7.16. The molecule has 2 rings (SSSR count). The molecular weight excluding hydrogens is 304 g/mol. The smallest absolute Gasteiger partial charge is 0.345 e. The summed E-state index contributed by atoms with van der Waals surface area (Å²) in [6.45, 7) is 1.92. The van der Waals surface area contributed by atoms with Crippen LogP contribution in [0.3, 0.4) is 0 Å². The van der Waals surface area contributed by atoms with E-state index in [1.807, 2.05) is 19.1 Å². The Kier molecular flexibility index (Phi) is 5.28. The number of halogens is 1. The first-order chi connectivity index (χ1) is 10.5. The van der Waals surface area contributed by atoms with Crippen LogP contribution in [-0.2, 0) is 11.2 Å². The van der Waals surface area contributed by atoms with Crippen LogP contribution >= 0.6 is 11.6 Å². The molecule has 0 saturated carbocycles. The van der Waals surface area contributed by atoms with Crippen molar-refractivity contribution < 1.29 is 19.4 Å². The summed E-state index contributed by atoms with van der Waals surface area (Å²) >= 11 is 5.97. The van der Waals surface area contributed by atoms with Gasteiger partial charge in [-0.2, -0.15) is 0 Å². The Morgan fingerprint density at radius 3 is 2.68 bits per heavy atom. The second kappa shape index (κ2) is 7.18. The lowest BCUT2D eigenvalue weighted by Crippen LogP contribution is -2.29. The van der Waals surface area contributed by atoms with Gasteiger partial charge in [-0.1, -0.05) is 23.7 Å². The highest BCUT2D eigenvalue weighted by molar-refractivity contribution is 6.30. The van der Waals surface area contributed by atoms with Gasteiger partial charge in [-0.3, -0.25) is 0 Å². The highest BCUT2D eigenvalue weighted by Gasteiger charge is 2.22. The predicted molar refractivity (Wildman–Crippen MR) is 84.9 cm³/mol. The van der Waals surface area contributed by atoms with Gasteiger partial charge in [0.2, 0.25) is 0 Å². The summed E-state index contributed by atoms with van der Waals surface area (Å²) in [5.74, 6) is 0.0698. The molecule has 2 aromatic carbocycles. The van der Waals surface area contributed by atoms with Gasteiger partial charge in [0.1, 0.15) is 11.5 Å². The Morgan fingerprint density at radius 1 is 1.27 bits per heavy atom. The minimum atomic E-state index is -1.04. The molecule has 2 aromatic rings. The molecular formula is C17H17ClO4. The number of rotatable bonds is 6. The number of carboxylic acids is 1. The second-order valence-corrected chi connectivity index (χ2v) is 5.36. The zero-order valence-electron chi connectivity index (χ0n) is 12.4. The lowest BCUT2D eigenvalue weighted by atomic mass is 10.1. The lowest BCUT2D eigenvalue weighted by molar-refractivity contribution is -0.145. The molecule has 0 fully saturated rings. The maximum absolute atomic E-state index is 11.5. The summed E-state index contributed by atoms with van der Waals surface area (Å²) in [7, 11) is 1.53. The highest BCUT2D eigenvalue weighted by atomic mass is 35.5. The average molecular weight is 321 g/mol. The number of aryl methyl sites for hydroxylation is 1. The van der Waals surface area contributed by atoms with E-state index in [1.54, 1.807) is 30.3 Å². The van der Waals surface area contributed by atoms with Gasteiger partial charge in [0, 0.05) is 11.4 Å². The van der Waals surface area contributed by atoms with E-state index in [9.17, 15) is 9.90 Å². The number of hydrogen-bond donors (Lipinski definition) is 1. The summed E-state index contributed by atoms with van der Waals surface area (Å²) in [5, 5.41) is 9.92. The van der Waals surface area contributed by atoms with E-state index in [0.717, 1.165) is 5.56 Å². The van der Waals surface area contributed by atoms with Crippen molar-refractivity contribution in [3.05, 3.63) is 58.6 Å². The standard InChI is InChI=1S/C17H17ClO4/c1-11-4-3-5-14(8-11)22-16(17(19)20)10-12-9-13(18)6-7-15(12)21-2/h3-9,16H,10H2,1-2H3,(H,19,20)/t16-/m0/s1. The minimum absolute atomic E-state index is 0.160. The molecule has 0 aliphatic rings. The van der Waals surface area contributed by atoms with Gasteiger partial charge in [0.05, 0.1) is 7.11 Å². The number of carboxylic acid groups (broad SMARTS) is 1. The molecule has 0 amide bonds. The number of benzene rings is 2. The minimum Gasteiger partial charge on any atom is -0.496 e.